The monoisotopic (exact) mass is 357 g/mol. The topological polar surface area (TPSA) is 46.9 Å². The lowest BCUT2D eigenvalue weighted by Gasteiger charge is -2.28. The molecule has 5 heteroatoms. The van der Waals surface area contributed by atoms with E-state index in [1.807, 2.05) is 37.3 Å². The summed E-state index contributed by atoms with van der Waals surface area (Å²) in [4.78, 5) is 12.9. The van der Waals surface area contributed by atoms with E-state index in [1.54, 1.807) is 4.68 Å². The van der Waals surface area contributed by atoms with E-state index < -0.39 is 0 Å². The highest BCUT2D eigenvalue weighted by Gasteiger charge is 2.42. The number of aryl methyl sites for hydroxylation is 1. The molecule has 0 unspecified atom stereocenters. The number of rotatable bonds is 4. The molecule has 2 aromatic rings. The number of fused-ring (bicyclic) bond motifs is 2. The molecule has 1 heterocycles. The molecule has 1 aromatic heterocycles. The fourth-order valence-corrected chi connectivity index (χ4v) is 5.15. The van der Waals surface area contributed by atoms with Gasteiger partial charge in [0.2, 0.25) is 0 Å². The van der Waals surface area contributed by atoms with Crippen LogP contribution < -0.4 is 5.32 Å². The highest BCUT2D eigenvalue weighted by molar-refractivity contribution is 6.33. The van der Waals surface area contributed by atoms with Gasteiger partial charge in [0.1, 0.15) is 5.15 Å². The van der Waals surface area contributed by atoms with E-state index in [-0.39, 0.29) is 11.9 Å². The molecule has 25 heavy (non-hydrogen) atoms. The number of nitrogens with one attached hydrogen (secondary N) is 1. The Morgan fingerprint density at radius 1 is 1.28 bits per heavy atom. The van der Waals surface area contributed by atoms with E-state index >= 15 is 0 Å². The number of para-hydroxylation sites is 1. The Morgan fingerprint density at radius 3 is 2.68 bits per heavy atom. The molecule has 0 aliphatic heterocycles. The Kier molecular flexibility index (Phi) is 4.32. The third-order valence-electron chi connectivity index (χ3n) is 6.03. The average molecular weight is 358 g/mol. The molecular weight excluding hydrogens is 334 g/mol. The summed E-state index contributed by atoms with van der Waals surface area (Å²) >= 11 is 6.50. The molecule has 1 aromatic carbocycles. The summed E-state index contributed by atoms with van der Waals surface area (Å²) in [5.74, 6) is 2.15. The SMILES string of the molecule is Cc1nn(-c2ccccc2)c(Cl)c1C(=O)N[C@H](C)[C@H]1C[C@H]2CC[C@H]1C2. The molecule has 2 saturated carbocycles. The lowest BCUT2D eigenvalue weighted by atomic mass is 9.84. The van der Waals surface area contributed by atoms with Crippen LogP contribution in [-0.2, 0) is 0 Å². The highest BCUT2D eigenvalue weighted by atomic mass is 35.5. The van der Waals surface area contributed by atoms with Gasteiger partial charge in [-0.1, -0.05) is 36.2 Å². The van der Waals surface area contributed by atoms with Crippen molar-refractivity contribution < 1.29 is 4.79 Å². The van der Waals surface area contributed by atoms with Crippen LogP contribution in [0.25, 0.3) is 5.69 Å². The second-order valence-corrected chi connectivity index (χ2v) is 7.96. The molecule has 4 nitrogen and oxygen atoms in total. The normalized spacial score (nSPS) is 26.0. The van der Waals surface area contributed by atoms with E-state index in [2.05, 4.69) is 17.3 Å². The smallest absolute Gasteiger partial charge is 0.256 e. The standard InChI is InChI=1S/C20H24ClN3O/c1-12(17-11-14-8-9-15(17)10-14)22-20(25)18-13(2)23-24(19(18)21)16-6-4-3-5-7-16/h3-7,12,14-15,17H,8-11H2,1-2H3,(H,22,25)/t12-,14+,15+,17-/m1/s1. The quantitative estimate of drug-likeness (QED) is 0.882. The van der Waals surface area contributed by atoms with Gasteiger partial charge in [0.15, 0.2) is 0 Å². The number of halogens is 1. The van der Waals surface area contributed by atoms with Crippen molar-refractivity contribution in [2.75, 3.05) is 0 Å². The second kappa shape index (κ2) is 6.49. The maximum absolute atomic E-state index is 12.9. The van der Waals surface area contributed by atoms with Gasteiger partial charge in [-0.2, -0.15) is 5.10 Å². The van der Waals surface area contributed by atoms with Gasteiger partial charge in [0, 0.05) is 6.04 Å². The van der Waals surface area contributed by atoms with Gasteiger partial charge >= 0.3 is 0 Å². The number of nitrogens with zero attached hydrogens (tertiary/aromatic N) is 2. The summed E-state index contributed by atoms with van der Waals surface area (Å²) in [6.45, 7) is 3.97. The molecule has 2 bridgehead atoms. The summed E-state index contributed by atoms with van der Waals surface area (Å²) in [7, 11) is 0. The maximum Gasteiger partial charge on any atom is 0.256 e. The highest BCUT2D eigenvalue weighted by Crippen LogP contribution is 2.49. The molecule has 1 N–H and O–H groups in total. The van der Waals surface area contributed by atoms with E-state index in [0.29, 0.717) is 22.3 Å². The van der Waals surface area contributed by atoms with Gasteiger partial charge in [0.25, 0.3) is 5.91 Å². The molecule has 4 atom stereocenters. The van der Waals surface area contributed by atoms with E-state index in [4.69, 9.17) is 11.6 Å². The Bertz CT molecular complexity index is 786. The third-order valence-corrected chi connectivity index (χ3v) is 6.37. The molecule has 1 amide bonds. The maximum atomic E-state index is 12.9. The molecular formula is C20H24ClN3O. The molecule has 2 aliphatic rings. The zero-order valence-electron chi connectivity index (χ0n) is 14.7. The first-order valence-corrected chi connectivity index (χ1v) is 9.53. The van der Waals surface area contributed by atoms with Crippen molar-refractivity contribution in [2.24, 2.45) is 17.8 Å². The van der Waals surface area contributed by atoms with Crippen molar-refractivity contribution in [3.05, 3.63) is 46.7 Å². The van der Waals surface area contributed by atoms with Crippen LogP contribution in [0.15, 0.2) is 30.3 Å². The summed E-state index contributed by atoms with van der Waals surface area (Å²) in [6.07, 6.45) is 5.29. The van der Waals surface area contributed by atoms with Crippen molar-refractivity contribution in [3.63, 3.8) is 0 Å². The first-order valence-electron chi connectivity index (χ1n) is 9.16. The van der Waals surface area contributed by atoms with E-state index in [0.717, 1.165) is 17.5 Å². The number of carbonyl (C=O) groups is 1. The van der Waals surface area contributed by atoms with E-state index in [1.165, 1.54) is 25.7 Å². The van der Waals surface area contributed by atoms with Crippen LogP contribution in [0.4, 0.5) is 0 Å². The van der Waals surface area contributed by atoms with Crippen molar-refractivity contribution in [3.8, 4) is 5.69 Å². The van der Waals surface area contributed by atoms with Gasteiger partial charge in [-0.15, -0.1) is 0 Å². The lowest BCUT2D eigenvalue weighted by Crippen LogP contribution is -2.40. The first-order chi connectivity index (χ1) is 12.0. The summed E-state index contributed by atoms with van der Waals surface area (Å²) < 4.78 is 1.63. The summed E-state index contributed by atoms with van der Waals surface area (Å²) in [5, 5.41) is 8.04. The van der Waals surface area contributed by atoms with Gasteiger partial charge in [-0.05, 0) is 63.0 Å². The Balaban J connectivity index is 1.53. The van der Waals surface area contributed by atoms with Gasteiger partial charge in [-0.3, -0.25) is 4.79 Å². The molecule has 0 radical (unpaired) electrons. The van der Waals surface area contributed by atoms with Crippen LogP contribution in [0.3, 0.4) is 0 Å². The van der Waals surface area contributed by atoms with Crippen molar-refractivity contribution in [1.29, 1.82) is 0 Å². The van der Waals surface area contributed by atoms with Crippen molar-refractivity contribution in [1.82, 2.24) is 15.1 Å². The zero-order valence-corrected chi connectivity index (χ0v) is 15.5. The minimum Gasteiger partial charge on any atom is -0.349 e. The van der Waals surface area contributed by atoms with Crippen LogP contribution in [-0.4, -0.2) is 21.7 Å². The molecule has 0 saturated heterocycles. The van der Waals surface area contributed by atoms with Crippen molar-refractivity contribution >= 4 is 17.5 Å². The van der Waals surface area contributed by atoms with Crippen LogP contribution in [0, 0.1) is 24.7 Å². The Labute approximate surface area is 153 Å². The third kappa shape index (κ3) is 2.97. The van der Waals surface area contributed by atoms with Crippen molar-refractivity contribution in [2.45, 2.75) is 45.6 Å². The zero-order chi connectivity index (χ0) is 17.6. The number of aromatic nitrogens is 2. The molecule has 2 aliphatic carbocycles. The fourth-order valence-electron chi connectivity index (χ4n) is 4.79. The van der Waals surface area contributed by atoms with Gasteiger partial charge < -0.3 is 5.32 Å². The first kappa shape index (κ1) is 16.6. The largest absolute Gasteiger partial charge is 0.349 e. The van der Waals surface area contributed by atoms with Crippen LogP contribution in [0.5, 0.6) is 0 Å². The van der Waals surface area contributed by atoms with Crippen LogP contribution >= 0.6 is 11.6 Å². The number of carbonyl (C=O) groups excluding carboxylic acids is 1. The van der Waals surface area contributed by atoms with Gasteiger partial charge in [0.05, 0.1) is 16.9 Å². The number of hydrogen-bond donors (Lipinski definition) is 1. The minimum atomic E-state index is -0.111. The average Bonchev–Trinajstić information content (AvgIpc) is 3.30. The van der Waals surface area contributed by atoms with Crippen LogP contribution in [0.1, 0.15) is 48.7 Å². The number of benzene rings is 1. The van der Waals surface area contributed by atoms with Gasteiger partial charge in [-0.25, -0.2) is 4.68 Å². The second-order valence-electron chi connectivity index (χ2n) is 7.60. The lowest BCUT2D eigenvalue weighted by molar-refractivity contribution is 0.0915. The molecule has 2 fully saturated rings. The Hall–Kier alpha value is -1.81. The van der Waals surface area contributed by atoms with Crippen LogP contribution in [0.2, 0.25) is 5.15 Å². The summed E-state index contributed by atoms with van der Waals surface area (Å²) in [5.41, 5.74) is 2.00. The number of amides is 1. The predicted octanol–water partition coefficient (Wildman–Crippen LogP) is 4.39. The fraction of sp³-hybridized carbons (Fsp3) is 0.500. The minimum absolute atomic E-state index is 0.111. The summed E-state index contributed by atoms with van der Waals surface area (Å²) in [6, 6.07) is 9.84. The molecule has 132 valence electrons. The predicted molar refractivity (Wildman–Crippen MR) is 99.2 cm³/mol. The Morgan fingerprint density at radius 2 is 2.04 bits per heavy atom. The molecule has 0 spiro atoms. The number of hydrogen-bond acceptors (Lipinski definition) is 2. The molecule has 4 rings (SSSR count). The van der Waals surface area contributed by atoms with E-state index in [9.17, 15) is 4.79 Å².